The minimum Gasteiger partial charge on any atom is -0.466 e. The summed E-state index contributed by atoms with van der Waals surface area (Å²) in [7, 11) is 0. The number of aromatic nitrogens is 2. The van der Waals surface area contributed by atoms with Crippen LogP contribution >= 0.6 is 0 Å². The van der Waals surface area contributed by atoms with E-state index >= 15 is 0 Å². The maximum atomic E-state index is 14.4. The summed E-state index contributed by atoms with van der Waals surface area (Å²) in [6.07, 6.45) is 2.28. The third-order valence-electron chi connectivity index (χ3n) is 4.65. The highest BCUT2D eigenvalue weighted by Gasteiger charge is 2.19. The summed E-state index contributed by atoms with van der Waals surface area (Å²) in [6, 6.07) is 7.31. The highest BCUT2D eigenvalue weighted by Crippen LogP contribution is 2.29. The number of nitrogens with zero attached hydrogens (tertiary/aromatic N) is 3. The van der Waals surface area contributed by atoms with E-state index in [1.807, 2.05) is 26.0 Å². The summed E-state index contributed by atoms with van der Waals surface area (Å²) >= 11 is 0. The molecule has 0 saturated carbocycles. The molecule has 0 amide bonds. The van der Waals surface area contributed by atoms with E-state index in [1.54, 1.807) is 6.07 Å². The summed E-state index contributed by atoms with van der Waals surface area (Å²) in [5, 5.41) is 11.1. The van der Waals surface area contributed by atoms with Crippen molar-refractivity contribution in [1.82, 2.24) is 10.2 Å². The predicted molar refractivity (Wildman–Crippen MR) is 96.6 cm³/mol. The van der Waals surface area contributed by atoms with Crippen LogP contribution in [-0.4, -0.2) is 23.3 Å². The second kappa shape index (κ2) is 6.82. The molecule has 7 heteroatoms. The van der Waals surface area contributed by atoms with E-state index in [0.717, 1.165) is 48.7 Å². The molecule has 2 aromatic heterocycles. The molecule has 0 aliphatic carbocycles. The fourth-order valence-electron chi connectivity index (χ4n) is 3.39. The number of rotatable bonds is 5. The average molecular weight is 356 g/mol. The fourth-order valence-corrected chi connectivity index (χ4v) is 3.39. The zero-order valence-corrected chi connectivity index (χ0v) is 14.9. The second-order valence-corrected chi connectivity index (χ2v) is 6.52. The Labute approximate surface area is 151 Å². The van der Waals surface area contributed by atoms with Crippen LogP contribution in [0.5, 0.6) is 0 Å². The number of nitrogens with one attached hydrogen (secondary N) is 1. The highest BCUT2D eigenvalue weighted by atomic mass is 19.1. The summed E-state index contributed by atoms with van der Waals surface area (Å²) in [5.74, 6) is 1.66. The van der Waals surface area contributed by atoms with Crippen molar-refractivity contribution < 1.29 is 13.2 Å². The molecule has 0 atom stereocenters. The average Bonchev–Trinajstić information content (AvgIpc) is 3.34. The van der Waals surface area contributed by atoms with Crippen molar-refractivity contribution in [1.29, 1.82) is 0 Å². The molecule has 0 bridgehead atoms. The van der Waals surface area contributed by atoms with Crippen LogP contribution in [0.3, 0.4) is 0 Å². The molecular weight excluding hydrogens is 335 g/mol. The Bertz CT molecular complexity index is 912. The number of hydrogen-bond acceptors (Lipinski definition) is 6. The van der Waals surface area contributed by atoms with Crippen LogP contribution in [0.4, 0.5) is 16.1 Å². The first-order valence-corrected chi connectivity index (χ1v) is 8.79. The van der Waals surface area contributed by atoms with Gasteiger partial charge in [0.05, 0.1) is 5.56 Å². The van der Waals surface area contributed by atoms with Crippen LogP contribution in [0.15, 0.2) is 33.1 Å². The van der Waals surface area contributed by atoms with Crippen molar-refractivity contribution in [3.05, 3.63) is 47.2 Å². The lowest BCUT2D eigenvalue weighted by Crippen LogP contribution is -2.20. The zero-order chi connectivity index (χ0) is 18.1. The number of halogens is 1. The van der Waals surface area contributed by atoms with Gasteiger partial charge in [0.2, 0.25) is 0 Å². The number of hydrogen-bond donors (Lipinski definition) is 1. The highest BCUT2D eigenvalue weighted by molar-refractivity contribution is 5.57. The Hall–Kier alpha value is -2.83. The van der Waals surface area contributed by atoms with Gasteiger partial charge in [-0.3, -0.25) is 0 Å². The standard InChI is InChI=1S/C19H21FN4O2/c1-12-10-14(13(2)25-12)18-22-23-19(26-18)21-11-15-16(20)6-5-7-17(15)24-8-3-4-9-24/h5-7,10H,3-4,8-9,11H2,1-2H3,(H,21,23). The van der Waals surface area contributed by atoms with E-state index in [0.29, 0.717) is 11.5 Å². The molecule has 4 rings (SSSR count). The van der Waals surface area contributed by atoms with Crippen molar-refractivity contribution in [2.24, 2.45) is 0 Å². The van der Waals surface area contributed by atoms with E-state index in [9.17, 15) is 4.39 Å². The van der Waals surface area contributed by atoms with Crippen molar-refractivity contribution in [2.75, 3.05) is 23.3 Å². The van der Waals surface area contributed by atoms with Gasteiger partial charge in [-0.2, -0.15) is 0 Å². The van der Waals surface area contributed by atoms with Crippen molar-refractivity contribution in [3.63, 3.8) is 0 Å². The van der Waals surface area contributed by atoms with E-state index in [-0.39, 0.29) is 18.4 Å². The van der Waals surface area contributed by atoms with Crippen LogP contribution in [-0.2, 0) is 6.54 Å². The third kappa shape index (κ3) is 3.16. The van der Waals surface area contributed by atoms with E-state index in [4.69, 9.17) is 8.83 Å². The monoisotopic (exact) mass is 356 g/mol. The summed E-state index contributed by atoms with van der Waals surface area (Å²) in [5.41, 5.74) is 2.31. The first-order valence-electron chi connectivity index (χ1n) is 8.79. The molecule has 136 valence electrons. The van der Waals surface area contributed by atoms with Crippen LogP contribution in [0.1, 0.15) is 29.9 Å². The van der Waals surface area contributed by atoms with Crippen LogP contribution in [0, 0.1) is 19.7 Å². The van der Waals surface area contributed by atoms with Crippen LogP contribution < -0.4 is 10.2 Å². The molecule has 1 aliphatic rings. The van der Waals surface area contributed by atoms with Gasteiger partial charge in [0.25, 0.3) is 5.89 Å². The van der Waals surface area contributed by atoms with Gasteiger partial charge in [-0.15, -0.1) is 5.10 Å². The van der Waals surface area contributed by atoms with E-state index < -0.39 is 0 Å². The van der Waals surface area contributed by atoms with Gasteiger partial charge in [-0.05, 0) is 44.9 Å². The maximum absolute atomic E-state index is 14.4. The Morgan fingerprint density at radius 1 is 1.15 bits per heavy atom. The lowest BCUT2D eigenvalue weighted by Gasteiger charge is -2.21. The summed E-state index contributed by atoms with van der Waals surface area (Å²) in [4.78, 5) is 2.22. The maximum Gasteiger partial charge on any atom is 0.316 e. The fraction of sp³-hybridized carbons (Fsp3) is 0.368. The molecule has 1 aliphatic heterocycles. The smallest absolute Gasteiger partial charge is 0.316 e. The molecule has 26 heavy (non-hydrogen) atoms. The van der Waals surface area contributed by atoms with Gasteiger partial charge >= 0.3 is 6.01 Å². The molecule has 1 aromatic carbocycles. The first-order chi connectivity index (χ1) is 12.6. The summed E-state index contributed by atoms with van der Waals surface area (Å²) in [6.45, 7) is 5.91. The minimum absolute atomic E-state index is 0.233. The molecular formula is C19H21FN4O2. The Morgan fingerprint density at radius 2 is 1.96 bits per heavy atom. The Balaban J connectivity index is 1.52. The molecule has 3 heterocycles. The van der Waals surface area contributed by atoms with Gasteiger partial charge < -0.3 is 19.1 Å². The Morgan fingerprint density at radius 3 is 2.69 bits per heavy atom. The molecule has 0 unspecified atom stereocenters. The Kier molecular flexibility index (Phi) is 4.36. The lowest BCUT2D eigenvalue weighted by atomic mass is 10.1. The van der Waals surface area contributed by atoms with E-state index in [2.05, 4.69) is 20.4 Å². The molecule has 1 saturated heterocycles. The molecule has 1 N–H and O–H groups in total. The van der Waals surface area contributed by atoms with Crippen LogP contribution in [0.25, 0.3) is 11.5 Å². The number of furan rings is 1. The predicted octanol–water partition coefficient (Wildman–Crippen LogP) is 4.30. The third-order valence-corrected chi connectivity index (χ3v) is 4.65. The first kappa shape index (κ1) is 16.6. The van der Waals surface area contributed by atoms with Crippen LogP contribution in [0.2, 0.25) is 0 Å². The van der Waals surface area contributed by atoms with Gasteiger partial charge in [-0.1, -0.05) is 11.2 Å². The normalized spacial score (nSPS) is 14.2. The molecule has 0 radical (unpaired) electrons. The van der Waals surface area contributed by atoms with Crippen molar-refractivity contribution in [2.45, 2.75) is 33.2 Å². The minimum atomic E-state index is -0.233. The van der Waals surface area contributed by atoms with Gasteiger partial charge in [0.1, 0.15) is 17.3 Å². The van der Waals surface area contributed by atoms with Gasteiger partial charge in [0, 0.05) is 30.9 Å². The lowest BCUT2D eigenvalue weighted by molar-refractivity contribution is 0.503. The number of anilines is 2. The molecule has 3 aromatic rings. The van der Waals surface area contributed by atoms with Gasteiger partial charge in [0.15, 0.2) is 0 Å². The quantitative estimate of drug-likeness (QED) is 0.735. The molecule has 0 spiro atoms. The number of benzene rings is 1. The topological polar surface area (TPSA) is 67.3 Å². The van der Waals surface area contributed by atoms with Crippen molar-refractivity contribution >= 4 is 11.7 Å². The number of aryl methyl sites for hydroxylation is 2. The largest absolute Gasteiger partial charge is 0.466 e. The van der Waals surface area contributed by atoms with Gasteiger partial charge in [-0.25, -0.2) is 4.39 Å². The SMILES string of the molecule is Cc1cc(-c2nnc(NCc3c(F)cccc3N3CCCC3)o2)c(C)o1. The summed E-state index contributed by atoms with van der Waals surface area (Å²) < 4.78 is 25.5. The van der Waals surface area contributed by atoms with Crippen molar-refractivity contribution in [3.8, 4) is 11.5 Å². The zero-order valence-electron chi connectivity index (χ0n) is 14.9. The molecule has 6 nitrogen and oxygen atoms in total. The second-order valence-electron chi connectivity index (χ2n) is 6.52. The molecule has 1 fully saturated rings. The van der Waals surface area contributed by atoms with E-state index in [1.165, 1.54) is 6.07 Å².